The van der Waals surface area contributed by atoms with Crippen LogP contribution in [0.2, 0.25) is 0 Å². The van der Waals surface area contributed by atoms with Crippen LogP contribution >= 0.6 is 0 Å². The first kappa shape index (κ1) is 16.6. The molecule has 0 N–H and O–H groups in total. The molecule has 2 aromatic rings. The van der Waals surface area contributed by atoms with Gasteiger partial charge in [0.2, 0.25) is 0 Å². The van der Waals surface area contributed by atoms with Crippen molar-refractivity contribution in [2.45, 2.75) is 12.1 Å². The zero-order valence-corrected chi connectivity index (χ0v) is 18.4. The molecule has 0 unspecified atom stereocenters. The van der Waals surface area contributed by atoms with E-state index in [0.29, 0.717) is 0 Å². The molecule has 21 heavy (non-hydrogen) atoms. The molecule has 0 atom stereocenters. The summed E-state index contributed by atoms with van der Waals surface area (Å²) in [5.41, 5.74) is 2.74. The third-order valence-corrected chi connectivity index (χ3v) is 9.76. The molecule has 0 saturated heterocycles. The molecule has 3 nitrogen and oxygen atoms in total. The van der Waals surface area contributed by atoms with E-state index in [4.69, 9.17) is 12.3 Å². The normalized spacial score (nSPS) is 12.2. The third-order valence-electron chi connectivity index (χ3n) is 3.20. The van der Waals surface area contributed by atoms with Crippen molar-refractivity contribution >= 4 is 39.5 Å². The standard InChI is InChI=1S/C14H22O3Si4/c18-15-19-16-20-17-21(11-13-7-3-1-4-8-13)12-14-9-5-2-6-10-14/h1-10,21H,11-12,19-20H2,18H3. The Balaban J connectivity index is 1.93. The zero-order valence-electron chi connectivity index (χ0n) is 12.4. The van der Waals surface area contributed by atoms with Crippen molar-refractivity contribution in [2.24, 2.45) is 0 Å². The van der Waals surface area contributed by atoms with Crippen LogP contribution in [-0.2, 0) is 24.4 Å². The average Bonchev–Trinajstić information content (AvgIpc) is 2.53. The van der Waals surface area contributed by atoms with Gasteiger partial charge in [-0.1, -0.05) is 60.7 Å². The van der Waals surface area contributed by atoms with E-state index in [1.807, 2.05) is 0 Å². The first-order valence-corrected chi connectivity index (χ1v) is 12.4. The minimum Gasteiger partial charge on any atom is -0.449 e. The fourth-order valence-corrected chi connectivity index (χ4v) is 9.35. The van der Waals surface area contributed by atoms with E-state index >= 15 is 0 Å². The van der Waals surface area contributed by atoms with Gasteiger partial charge in [-0.05, 0) is 23.2 Å². The molecule has 0 aromatic heterocycles. The van der Waals surface area contributed by atoms with E-state index in [-0.39, 0.29) is 0 Å². The van der Waals surface area contributed by atoms with Crippen molar-refractivity contribution in [2.75, 3.05) is 0 Å². The summed E-state index contributed by atoms with van der Waals surface area (Å²) in [6.45, 7) is 0. The molecule has 0 bridgehead atoms. The lowest BCUT2D eigenvalue weighted by atomic mass is 10.2. The number of hydrogen-bond donors (Lipinski definition) is 0. The zero-order chi connectivity index (χ0) is 14.8. The van der Waals surface area contributed by atoms with Crippen LogP contribution in [0.3, 0.4) is 0 Å². The largest absolute Gasteiger partial charge is 0.449 e. The van der Waals surface area contributed by atoms with Crippen molar-refractivity contribution < 1.29 is 12.3 Å². The van der Waals surface area contributed by atoms with Gasteiger partial charge >= 0.3 is 0 Å². The van der Waals surface area contributed by atoms with Crippen molar-refractivity contribution in [3.05, 3.63) is 71.8 Å². The lowest BCUT2D eigenvalue weighted by Crippen LogP contribution is -2.29. The second-order valence-corrected chi connectivity index (χ2v) is 12.7. The van der Waals surface area contributed by atoms with Crippen LogP contribution in [0.25, 0.3) is 0 Å². The third kappa shape index (κ3) is 6.65. The molecule has 0 aliphatic heterocycles. The molecule has 0 aliphatic carbocycles. The Labute approximate surface area is 136 Å². The van der Waals surface area contributed by atoms with Gasteiger partial charge in [-0.2, -0.15) is 0 Å². The molecular formula is C14H22O3Si4. The van der Waals surface area contributed by atoms with Crippen molar-refractivity contribution in [1.82, 2.24) is 0 Å². The topological polar surface area (TPSA) is 27.7 Å². The first-order valence-electron chi connectivity index (χ1n) is 7.14. The molecule has 2 rings (SSSR count). The predicted octanol–water partition coefficient (Wildman–Crippen LogP) is -0.398. The highest BCUT2D eigenvalue weighted by molar-refractivity contribution is 6.57. The van der Waals surface area contributed by atoms with Crippen molar-refractivity contribution in [3.63, 3.8) is 0 Å². The molecule has 0 amide bonds. The minimum absolute atomic E-state index is 0.741. The van der Waals surface area contributed by atoms with Gasteiger partial charge < -0.3 is 12.3 Å². The summed E-state index contributed by atoms with van der Waals surface area (Å²) in [6.07, 6.45) is 0. The summed E-state index contributed by atoms with van der Waals surface area (Å²) in [7, 11) is -2.14. The molecule has 0 fully saturated rings. The van der Waals surface area contributed by atoms with Gasteiger partial charge in [-0.15, -0.1) is 0 Å². The van der Waals surface area contributed by atoms with E-state index in [0.717, 1.165) is 22.6 Å². The van der Waals surface area contributed by atoms with Gasteiger partial charge in [0.15, 0.2) is 9.04 Å². The van der Waals surface area contributed by atoms with Crippen LogP contribution < -0.4 is 0 Å². The summed E-state index contributed by atoms with van der Waals surface area (Å²) in [5.74, 6) is 0. The van der Waals surface area contributed by atoms with E-state index < -0.39 is 29.1 Å². The van der Waals surface area contributed by atoms with E-state index in [9.17, 15) is 0 Å². The maximum atomic E-state index is 6.18. The van der Waals surface area contributed by atoms with Crippen LogP contribution in [0.1, 0.15) is 11.1 Å². The van der Waals surface area contributed by atoms with E-state index in [2.05, 4.69) is 60.7 Å². The fourth-order valence-electron chi connectivity index (χ4n) is 2.21. The Morgan fingerprint density at radius 3 is 1.81 bits per heavy atom. The summed E-state index contributed by atoms with van der Waals surface area (Å²) in [5, 5.41) is 0. The summed E-state index contributed by atoms with van der Waals surface area (Å²) >= 11 is 0. The Hall–Kier alpha value is -0.812. The van der Waals surface area contributed by atoms with Gasteiger partial charge in [0.05, 0.1) is 0 Å². The van der Waals surface area contributed by atoms with Gasteiger partial charge in [0.1, 0.15) is 10.5 Å². The fraction of sp³-hybridized carbons (Fsp3) is 0.143. The van der Waals surface area contributed by atoms with Crippen LogP contribution in [0.5, 0.6) is 0 Å². The molecule has 2 aromatic carbocycles. The Morgan fingerprint density at radius 1 is 0.810 bits per heavy atom. The van der Waals surface area contributed by atoms with Gasteiger partial charge in [0, 0.05) is 0 Å². The molecule has 0 heterocycles. The number of hydrogen-bond acceptors (Lipinski definition) is 3. The van der Waals surface area contributed by atoms with E-state index in [1.165, 1.54) is 11.1 Å². The molecule has 0 saturated carbocycles. The summed E-state index contributed by atoms with van der Waals surface area (Å²) in [6, 6.07) is 23.4. The maximum absolute atomic E-state index is 6.18. The predicted molar refractivity (Wildman–Crippen MR) is 97.7 cm³/mol. The highest BCUT2D eigenvalue weighted by atomic mass is 28.4. The lowest BCUT2D eigenvalue weighted by Gasteiger charge is -2.17. The molecule has 112 valence electrons. The summed E-state index contributed by atoms with van der Waals surface area (Å²) < 4.78 is 17.0. The highest BCUT2D eigenvalue weighted by Crippen LogP contribution is 2.09. The van der Waals surface area contributed by atoms with Crippen molar-refractivity contribution in [3.8, 4) is 0 Å². The number of benzene rings is 2. The van der Waals surface area contributed by atoms with Crippen LogP contribution in [0, 0.1) is 0 Å². The highest BCUT2D eigenvalue weighted by Gasteiger charge is 2.14. The summed E-state index contributed by atoms with van der Waals surface area (Å²) in [4.78, 5) is 0. The van der Waals surface area contributed by atoms with Crippen LogP contribution in [-0.4, -0.2) is 39.5 Å². The monoisotopic (exact) mass is 350 g/mol. The Bertz CT molecular complexity index is 457. The number of rotatable bonds is 9. The van der Waals surface area contributed by atoms with Gasteiger partial charge in [-0.25, -0.2) is 0 Å². The Morgan fingerprint density at radius 2 is 1.33 bits per heavy atom. The van der Waals surface area contributed by atoms with Crippen LogP contribution in [0.15, 0.2) is 60.7 Å². The maximum Gasteiger partial charge on any atom is 0.284 e. The minimum atomic E-state index is -1.31. The lowest BCUT2D eigenvalue weighted by molar-refractivity contribution is 0.430. The Kier molecular flexibility index (Phi) is 7.89. The van der Waals surface area contributed by atoms with Gasteiger partial charge in [0.25, 0.3) is 20.0 Å². The van der Waals surface area contributed by atoms with Crippen molar-refractivity contribution in [1.29, 1.82) is 0 Å². The first-order chi connectivity index (χ1) is 10.4. The van der Waals surface area contributed by atoms with Gasteiger partial charge in [-0.3, -0.25) is 0 Å². The smallest absolute Gasteiger partial charge is 0.284 e. The quantitative estimate of drug-likeness (QED) is 0.455. The van der Waals surface area contributed by atoms with Crippen LogP contribution in [0.4, 0.5) is 0 Å². The molecule has 0 radical (unpaired) electrons. The molecular weight excluding hydrogens is 328 g/mol. The SMILES string of the molecule is [SiH3]O[SiH2]O[SiH2]O[SiH](Cc1ccccc1)Cc1ccccc1. The molecule has 0 aliphatic rings. The molecule has 0 spiro atoms. The second kappa shape index (κ2) is 10.0. The average molecular weight is 351 g/mol. The van der Waals surface area contributed by atoms with E-state index in [1.54, 1.807) is 0 Å². The second-order valence-electron chi connectivity index (χ2n) is 4.90. The molecule has 7 heteroatoms.